The Morgan fingerprint density at radius 2 is 1.74 bits per heavy atom. The standard InChI is InChI=1S/C21H22ClFN2O5S/c22-18-5-4-6-19(23)17(18)13-21(27)30-14-20(26)24-15-7-9-16(10-8-15)31(28,29)25-11-2-1-3-12-25/h4-10H,1-3,11-14H2,(H,24,26). The Balaban J connectivity index is 1.52. The topological polar surface area (TPSA) is 92.8 Å². The molecule has 0 aromatic heterocycles. The highest BCUT2D eigenvalue weighted by atomic mass is 35.5. The summed E-state index contributed by atoms with van der Waals surface area (Å²) in [5.74, 6) is -2.04. The van der Waals surface area contributed by atoms with Crippen molar-refractivity contribution >= 4 is 39.2 Å². The van der Waals surface area contributed by atoms with E-state index in [-0.39, 0.29) is 15.5 Å². The third kappa shape index (κ3) is 6.03. The van der Waals surface area contributed by atoms with Gasteiger partial charge in [0.1, 0.15) is 5.82 Å². The number of rotatable bonds is 7. The molecule has 0 radical (unpaired) electrons. The van der Waals surface area contributed by atoms with Crippen LogP contribution >= 0.6 is 11.6 Å². The zero-order valence-corrected chi connectivity index (χ0v) is 18.2. The summed E-state index contributed by atoms with van der Waals surface area (Å²) in [6.07, 6.45) is 2.31. The van der Waals surface area contributed by atoms with Gasteiger partial charge < -0.3 is 10.1 Å². The Morgan fingerprint density at radius 3 is 2.39 bits per heavy atom. The molecule has 2 aromatic rings. The van der Waals surface area contributed by atoms with Crippen LogP contribution in [0.15, 0.2) is 47.4 Å². The molecule has 0 saturated carbocycles. The minimum absolute atomic E-state index is 0.0000726. The van der Waals surface area contributed by atoms with Crippen LogP contribution in [0.4, 0.5) is 10.1 Å². The van der Waals surface area contributed by atoms with Gasteiger partial charge in [-0.05, 0) is 49.2 Å². The summed E-state index contributed by atoms with van der Waals surface area (Å²) in [5, 5.41) is 2.62. The highest BCUT2D eigenvalue weighted by Gasteiger charge is 2.25. The number of nitrogens with zero attached hydrogens (tertiary/aromatic N) is 1. The van der Waals surface area contributed by atoms with Crippen molar-refractivity contribution in [2.24, 2.45) is 0 Å². The lowest BCUT2D eigenvalue weighted by atomic mass is 10.1. The van der Waals surface area contributed by atoms with E-state index in [1.165, 1.54) is 46.8 Å². The molecule has 1 amide bonds. The van der Waals surface area contributed by atoms with Gasteiger partial charge in [-0.15, -0.1) is 0 Å². The first-order chi connectivity index (χ1) is 14.8. The lowest BCUT2D eigenvalue weighted by Gasteiger charge is -2.25. The van der Waals surface area contributed by atoms with Crippen molar-refractivity contribution in [3.63, 3.8) is 0 Å². The number of piperidine rings is 1. The second-order valence-electron chi connectivity index (χ2n) is 7.07. The van der Waals surface area contributed by atoms with Crippen LogP contribution in [-0.4, -0.2) is 44.3 Å². The van der Waals surface area contributed by atoms with E-state index in [1.807, 2.05) is 0 Å². The molecule has 1 aliphatic rings. The Kier molecular flexibility index (Phi) is 7.64. The Bertz CT molecular complexity index is 1030. The van der Waals surface area contributed by atoms with Gasteiger partial charge >= 0.3 is 5.97 Å². The third-order valence-electron chi connectivity index (χ3n) is 4.84. The molecule has 166 valence electrons. The summed E-state index contributed by atoms with van der Waals surface area (Å²) in [7, 11) is -3.56. The monoisotopic (exact) mass is 468 g/mol. The molecule has 0 spiro atoms. The molecule has 2 aromatic carbocycles. The van der Waals surface area contributed by atoms with E-state index in [0.717, 1.165) is 19.3 Å². The van der Waals surface area contributed by atoms with Gasteiger partial charge in [-0.1, -0.05) is 24.1 Å². The molecule has 1 N–H and O–H groups in total. The number of benzene rings is 2. The normalized spacial score (nSPS) is 14.8. The first-order valence-electron chi connectivity index (χ1n) is 9.76. The van der Waals surface area contributed by atoms with Crippen LogP contribution in [0.25, 0.3) is 0 Å². The average molecular weight is 469 g/mol. The SMILES string of the molecule is O=C(COC(=O)Cc1c(F)cccc1Cl)Nc1ccc(S(=O)(=O)N2CCCCC2)cc1. The largest absolute Gasteiger partial charge is 0.455 e. The number of hydrogen-bond acceptors (Lipinski definition) is 5. The quantitative estimate of drug-likeness (QED) is 0.629. The number of carbonyl (C=O) groups is 2. The Hall–Kier alpha value is -2.49. The lowest BCUT2D eigenvalue weighted by molar-refractivity contribution is -0.146. The van der Waals surface area contributed by atoms with Crippen LogP contribution in [0.2, 0.25) is 5.02 Å². The van der Waals surface area contributed by atoms with Gasteiger partial charge in [0.2, 0.25) is 10.0 Å². The molecule has 7 nitrogen and oxygen atoms in total. The molecule has 0 atom stereocenters. The maximum Gasteiger partial charge on any atom is 0.310 e. The number of sulfonamides is 1. The number of anilines is 1. The van der Waals surface area contributed by atoms with Gasteiger partial charge in [-0.2, -0.15) is 4.31 Å². The van der Waals surface area contributed by atoms with Crippen LogP contribution in [0.5, 0.6) is 0 Å². The number of ether oxygens (including phenoxy) is 1. The molecule has 0 bridgehead atoms. The molecule has 3 rings (SSSR count). The van der Waals surface area contributed by atoms with Gasteiger partial charge in [0.05, 0.1) is 11.3 Å². The van der Waals surface area contributed by atoms with E-state index in [0.29, 0.717) is 18.8 Å². The summed E-state index contributed by atoms with van der Waals surface area (Å²) in [5.41, 5.74) is 0.357. The van der Waals surface area contributed by atoms with E-state index < -0.39 is 40.7 Å². The minimum Gasteiger partial charge on any atom is -0.455 e. The van der Waals surface area contributed by atoms with Crippen molar-refractivity contribution in [2.45, 2.75) is 30.6 Å². The first-order valence-corrected chi connectivity index (χ1v) is 11.6. The van der Waals surface area contributed by atoms with Crippen LogP contribution in [0.1, 0.15) is 24.8 Å². The van der Waals surface area contributed by atoms with Gasteiger partial charge in [0, 0.05) is 29.4 Å². The molecule has 0 aliphatic carbocycles. The molecule has 10 heteroatoms. The van der Waals surface area contributed by atoms with Crippen molar-refractivity contribution in [1.29, 1.82) is 0 Å². The molecule has 1 fully saturated rings. The van der Waals surface area contributed by atoms with Crippen molar-refractivity contribution in [1.82, 2.24) is 4.31 Å². The van der Waals surface area contributed by atoms with E-state index in [1.54, 1.807) is 0 Å². The third-order valence-corrected chi connectivity index (χ3v) is 7.10. The van der Waals surface area contributed by atoms with Crippen LogP contribution in [0.3, 0.4) is 0 Å². The van der Waals surface area contributed by atoms with Crippen molar-refractivity contribution in [3.8, 4) is 0 Å². The van der Waals surface area contributed by atoms with E-state index >= 15 is 0 Å². The highest BCUT2D eigenvalue weighted by Crippen LogP contribution is 2.22. The zero-order valence-electron chi connectivity index (χ0n) is 16.6. The number of halogens is 2. The summed E-state index contributed by atoms with van der Waals surface area (Å²) in [6.45, 7) is 0.438. The van der Waals surface area contributed by atoms with Crippen LogP contribution in [-0.2, 0) is 30.8 Å². The number of hydrogen-bond donors (Lipinski definition) is 1. The number of amides is 1. The second kappa shape index (κ2) is 10.2. The first kappa shape index (κ1) is 23.2. The summed E-state index contributed by atoms with van der Waals surface area (Å²) < 4.78 is 45.3. The molecule has 1 heterocycles. The fraction of sp³-hybridized carbons (Fsp3) is 0.333. The fourth-order valence-corrected chi connectivity index (χ4v) is 4.95. The van der Waals surface area contributed by atoms with Gasteiger partial charge in [0.25, 0.3) is 5.91 Å². The molecule has 0 unspecified atom stereocenters. The average Bonchev–Trinajstić information content (AvgIpc) is 2.76. The lowest BCUT2D eigenvalue weighted by Crippen LogP contribution is -2.35. The summed E-state index contributed by atoms with van der Waals surface area (Å²) in [4.78, 5) is 24.1. The summed E-state index contributed by atoms with van der Waals surface area (Å²) >= 11 is 5.87. The Labute approximate surface area is 185 Å². The van der Waals surface area contributed by atoms with Gasteiger partial charge in [-0.3, -0.25) is 9.59 Å². The van der Waals surface area contributed by atoms with Crippen molar-refractivity contribution in [3.05, 3.63) is 58.9 Å². The minimum atomic E-state index is -3.56. The maximum atomic E-state index is 13.7. The fourth-order valence-electron chi connectivity index (χ4n) is 3.20. The molecular weight excluding hydrogens is 447 g/mol. The van der Waals surface area contributed by atoms with E-state index in [2.05, 4.69) is 5.32 Å². The van der Waals surface area contributed by atoms with Gasteiger partial charge in [-0.25, -0.2) is 12.8 Å². The highest BCUT2D eigenvalue weighted by molar-refractivity contribution is 7.89. The maximum absolute atomic E-state index is 13.7. The van der Waals surface area contributed by atoms with E-state index in [9.17, 15) is 22.4 Å². The second-order valence-corrected chi connectivity index (χ2v) is 9.42. The van der Waals surface area contributed by atoms with Crippen LogP contribution in [0, 0.1) is 5.82 Å². The molecular formula is C21H22ClFN2O5S. The summed E-state index contributed by atoms with van der Waals surface area (Å²) in [6, 6.07) is 9.83. The number of carbonyl (C=O) groups excluding carboxylic acids is 2. The van der Waals surface area contributed by atoms with E-state index in [4.69, 9.17) is 16.3 Å². The van der Waals surface area contributed by atoms with Gasteiger partial charge in [0.15, 0.2) is 6.61 Å². The number of esters is 1. The Morgan fingerprint density at radius 1 is 1.06 bits per heavy atom. The van der Waals surface area contributed by atoms with Crippen molar-refractivity contribution < 1.29 is 27.1 Å². The van der Waals surface area contributed by atoms with Crippen molar-refractivity contribution in [2.75, 3.05) is 25.0 Å². The predicted molar refractivity (Wildman–Crippen MR) is 114 cm³/mol. The number of nitrogens with one attached hydrogen (secondary N) is 1. The molecule has 1 saturated heterocycles. The van der Waals surface area contributed by atoms with Crippen LogP contribution < -0.4 is 5.32 Å². The predicted octanol–water partition coefficient (Wildman–Crippen LogP) is 3.38. The zero-order chi connectivity index (χ0) is 22.4. The molecule has 1 aliphatic heterocycles. The molecule has 31 heavy (non-hydrogen) atoms. The smallest absolute Gasteiger partial charge is 0.310 e.